The number of nitrogens with one attached hydrogen (secondary N) is 2. The Labute approximate surface area is 218 Å². The number of benzene rings is 2. The van der Waals surface area contributed by atoms with Gasteiger partial charge in [-0.2, -0.15) is 4.98 Å². The molecule has 0 saturated carbocycles. The summed E-state index contributed by atoms with van der Waals surface area (Å²) in [7, 11) is -2.25. The normalized spacial score (nSPS) is 10.9. The van der Waals surface area contributed by atoms with Crippen molar-refractivity contribution in [3.8, 4) is 0 Å². The number of sulfonamides is 1. The number of imide groups is 1. The highest BCUT2D eigenvalue weighted by atomic mass is 32.2. The highest BCUT2D eigenvalue weighted by Crippen LogP contribution is 2.31. The van der Waals surface area contributed by atoms with E-state index in [4.69, 9.17) is 5.73 Å². The summed E-state index contributed by atoms with van der Waals surface area (Å²) in [5.41, 5.74) is 5.90. The highest BCUT2D eigenvalue weighted by Gasteiger charge is 2.20. The summed E-state index contributed by atoms with van der Waals surface area (Å²) in [5.74, 6) is -2.27. The first-order valence-electron chi connectivity index (χ1n) is 11.3. The Morgan fingerprint density at radius 1 is 1.13 bits per heavy atom. The van der Waals surface area contributed by atoms with Crippen molar-refractivity contribution in [1.29, 1.82) is 0 Å². The molecule has 0 spiro atoms. The molecule has 2 aromatic carbocycles. The molecule has 4 N–H and O–H groups in total. The van der Waals surface area contributed by atoms with E-state index < -0.39 is 27.7 Å². The van der Waals surface area contributed by atoms with Crippen LogP contribution in [0, 0.1) is 5.82 Å². The summed E-state index contributed by atoms with van der Waals surface area (Å²) in [4.78, 5) is 44.9. The predicted octanol–water partition coefficient (Wildman–Crippen LogP) is 2.89. The van der Waals surface area contributed by atoms with Gasteiger partial charge in [0.2, 0.25) is 28.3 Å². The van der Waals surface area contributed by atoms with Gasteiger partial charge in [0.25, 0.3) is 5.91 Å². The van der Waals surface area contributed by atoms with Crippen molar-refractivity contribution in [2.45, 2.75) is 19.8 Å². The minimum absolute atomic E-state index is 0.0754. The smallest absolute Gasteiger partial charge is 0.254 e. The second-order valence-electron chi connectivity index (χ2n) is 8.10. The van der Waals surface area contributed by atoms with E-state index in [0.29, 0.717) is 12.8 Å². The van der Waals surface area contributed by atoms with Crippen molar-refractivity contribution in [2.24, 2.45) is 5.73 Å². The minimum atomic E-state index is -3.61. The van der Waals surface area contributed by atoms with Gasteiger partial charge in [0.1, 0.15) is 17.2 Å². The summed E-state index contributed by atoms with van der Waals surface area (Å²) in [6, 6.07) is 9.99. The van der Waals surface area contributed by atoms with Crippen molar-refractivity contribution in [2.75, 3.05) is 33.1 Å². The van der Waals surface area contributed by atoms with Crippen molar-refractivity contribution in [3.63, 3.8) is 0 Å². The first-order valence-corrected chi connectivity index (χ1v) is 13.1. The molecule has 14 heteroatoms. The van der Waals surface area contributed by atoms with E-state index in [0.717, 1.165) is 27.7 Å². The van der Waals surface area contributed by atoms with Crippen molar-refractivity contribution >= 4 is 62.8 Å². The van der Waals surface area contributed by atoms with E-state index in [1.54, 1.807) is 31.2 Å². The van der Waals surface area contributed by atoms with Crippen LogP contribution in [0.5, 0.6) is 0 Å². The third-order valence-electron chi connectivity index (χ3n) is 5.36. The van der Waals surface area contributed by atoms with E-state index in [9.17, 15) is 27.2 Å². The van der Waals surface area contributed by atoms with Crippen LogP contribution in [0.4, 0.5) is 38.9 Å². The maximum Gasteiger partial charge on any atom is 0.254 e. The van der Waals surface area contributed by atoms with Crippen LogP contribution in [0.2, 0.25) is 0 Å². The lowest BCUT2D eigenvalue weighted by Crippen LogP contribution is -2.29. The monoisotopic (exact) mass is 543 g/mol. The molecule has 0 radical (unpaired) electrons. The molecule has 0 aliphatic rings. The van der Waals surface area contributed by atoms with Crippen LogP contribution >= 0.6 is 0 Å². The van der Waals surface area contributed by atoms with Gasteiger partial charge in [-0.05, 0) is 36.8 Å². The fraction of sp³-hybridized carbons (Fsp3) is 0.208. The number of anilines is 6. The maximum absolute atomic E-state index is 14.6. The largest absolute Gasteiger partial charge is 0.365 e. The molecular weight excluding hydrogens is 517 g/mol. The van der Waals surface area contributed by atoms with E-state index in [-0.39, 0.29) is 46.5 Å². The third kappa shape index (κ3) is 6.39. The quantitative estimate of drug-likeness (QED) is 0.308. The number of halogens is 1. The number of amides is 3. The third-order valence-corrected chi connectivity index (χ3v) is 6.55. The number of hydrogen-bond donors (Lipinski definition) is 3. The fourth-order valence-electron chi connectivity index (χ4n) is 3.36. The Morgan fingerprint density at radius 2 is 1.84 bits per heavy atom. The SMILES string of the molecule is CCCC(=O)N(C=O)c1ccc(F)c(Nc2ncc(C(N)=O)c(Nc3ccccc3N(C)S(C)(=O)=O)n2)c1. The summed E-state index contributed by atoms with van der Waals surface area (Å²) in [6.45, 7) is 1.79. The Balaban J connectivity index is 2.00. The molecule has 0 fully saturated rings. The molecule has 0 aliphatic heterocycles. The van der Waals surface area contributed by atoms with E-state index >= 15 is 0 Å². The average molecular weight is 544 g/mol. The lowest BCUT2D eigenvalue weighted by molar-refractivity contribution is -0.121. The molecule has 1 heterocycles. The summed E-state index contributed by atoms with van der Waals surface area (Å²) in [5, 5.41) is 5.56. The molecule has 0 saturated heterocycles. The van der Waals surface area contributed by atoms with Crippen LogP contribution in [-0.4, -0.2) is 49.9 Å². The molecule has 38 heavy (non-hydrogen) atoms. The maximum atomic E-state index is 14.6. The number of nitrogens with zero attached hydrogens (tertiary/aromatic N) is 4. The van der Waals surface area contributed by atoms with Crippen molar-refractivity contribution < 1.29 is 27.2 Å². The van der Waals surface area contributed by atoms with E-state index in [1.807, 2.05) is 0 Å². The number of aromatic nitrogens is 2. The molecule has 3 aromatic rings. The molecule has 3 amide bonds. The van der Waals surface area contributed by atoms with Crippen LogP contribution in [-0.2, 0) is 19.6 Å². The van der Waals surface area contributed by atoms with E-state index in [2.05, 4.69) is 20.6 Å². The standard InChI is InChI=1S/C24H26FN7O5S/c1-4-7-21(34)32(14-33)15-10-11-17(25)19(12-15)29-24-27-13-16(22(26)35)23(30-24)28-18-8-5-6-9-20(18)31(2)38(3,36)37/h5-6,8-14H,4,7H2,1-3H3,(H2,26,35)(H2,27,28,29,30). The second kappa shape index (κ2) is 11.6. The highest BCUT2D eigenvalue weighted by molar-refractivity contribution is 7.92. The number of nitrogens with two attached hydrogens (primary N) is 1. The first-order chi connectivity index (χ1) is 18.0. The lowest BCUT2D eigenvalue weighted by Gasteiger charge is -2.21. The molecule has 0 bridgehead atoms. The van der Waals surface area contributed by atoms with Crippen LogP contribution in [0.1, 0.15) is 30.1 Å². The molecule has 12 nitrogen and oxygen atoms in total. The average Bonchev–Trinajstić information content (AvgIpc) is 2.86. The van der Waals surface area contributed by atoms with Gasteiger partial charge in [0.15, 0.2) is 0 Å². The van der Waals surface area contributed by atoms with Gasteiger partial charge in [-0.1, -0.05) is 19.1 Å². The first kappa shape index (κ1) is 28.0. The number of carbonyl (C=O) groups excluding carboxylic acids is 3. The number of para-hydroxylation sites is 2. The number of carbonyl (C=O) groups is 3. The molecule has 0 aliphatic carbocycles. The number of hydrogen-bond acceptors (Lipinski definition) is 9. The second-order valence-corrected chi connectivity index (χ2v) is 10.1. The zero-order chi connectivity index (χ0) is 28.0. The summed E-state index contributed by atoms with van der Waals surface area (Å²) in [6.07, 6.45) is 3.15. The van der Waals surface area contributed by atoms with Crippen molar-refractivity contribution in [1.82, 2.24) is 9.97 Å². The van der Waals surface area contributed by atoms with Crippen LogP contribution in [0.3, 0.4) is 0 Å². The predicted molar refractivity (Wildman–Crippen MR) is 142 cm³/mol. The van der Waals surface area contributed by atoms with Gasteiger partial charge in [0.05, 0.1) is 29.0 Å². The fourth-order valence-corrected chi connectivity index (χ4v) is 3.87. The Hall–Kier alpha value is -4.59. The summed E-state index contributed by atoms with van der Waals surface area (Å²) >= 11 is 0. The minimum Gasteiger partial charge on any atom is -0.365 e. The van der Waals surface area contributed by atoms with Gasteiger partial charge in [-0.25, -0.2) is 17.8 Å². The van der Waals surface area contributed by atoms with Crippen LogP contribution < -0.4 is 25.6 Å². The van der Waals surface area contributed by atoms with Crippen molar-refractivity contribution in [3.05, 3.63) is 60.0 Å². The van der Waals surface area contributed by atoms with Gasteiger partial charge in [0, 0.05) is 19.7 Å². The Kier molecular flexibility index (Phi) is 8.57. The molecule has 0 unspecified atom stereocenters. The van der Waals surface area contributed by atoms with Gasteiger partial charge in [-0.15, -0.1) is 0 Å². The van der Waals surface area contributed by atoms with Gasteiger partial charge < -0.3 is 16.4 Å². The lowest BCUT2D eigenvalue weighted by atomic mass is 10.2. The summed E-state index contributed by atoms with van der Waals surface area (Å²) < 4.78 is 39.8. The topological polar surface area (TPSA) is 168 Å². The van der Waals surface area contributed by atoms with Crippen LogP contribution in [0.15, 0.2) is 48.7 Å². The molecule has 200 valence electrons. The molecular formula is C24H26FN7O5S. The molecule has 3 rings (SSSR count). The Bertz CT molecular complexity index is 1480. The molecule has 1 aromatic heterocycles. The zero-order valence-corrected chi connectivity index (χ0v) is 21.6. The van der Waals surface area contributed by atoms with Crippen LogP contribution in [0.25, 0.3) is 0 Å². The van der Waals surface area contributed by atoms with Gasteiger partial charge in [-0.3, -0.25) is 23.6 Å². The van der Waals surface area contributed by atoms with Gasteiger partial charge >= 0.3 is 0 Å². The van der Waals surface area contributed by atoms with E-state index in [1.165, 1.54) is 19.2 Å². The Morgan fingerprint density at radius 3 is 2.47 bits per heavy atom. The molecule has 0 atom stereocenters. The zero-order valence-electron chi connectivity index (χ0n) is 20.8. The number of primary amides is 1. The number of rotatable bonds is 11.